The number of allylic oxidation sites excluding steroid dienone is 6. The Kier molecular flexibility index (Phi) is 2.94. The Labute approximate surface area is 129 Å². The average Bonchev–Trinajstić information content (AvgIpc) is 3.09. The molecule has 2 aromatic rings. The summed E-state index contributed by atoms with van der Waals surface area (Å²) in [5.41, 5.74) is 6.51. The molecule has 0 bridgehead atoms. The number of aromatic hydroxyl groups is 1. The van der Waals surface area contributed by atoms with Gasteiger partial charge in [-0.2, -0.15) is 0 Å². The molecule has 1 aliphatic heterocycles. The number of phenols is 1. The minimum absolute atomic E-state index is 0.277. The number of rotatable bonds is 1. The van der Waals surface area contributed by atoms with Crippen LogP contribution < -0.4 is 5.32 Å². The van der Waals surface area contributed by atoms with Crippen LogP contribution in [-0.4, -0.2) is 5.11 Å². The van der Waals surface area contributed by atoms with Crippen molar-refractivity contribution >= 4 is 11.3 Å². The second-order valence-corrected chi connectivity index (χ2v) is 5.37. The first-order chi connectivity index (χ1) is 10.8. The van der Waals surface area contributed by atoms with Crippen LogP contribution in [0.25, 0.3) is 5.57 Å². The maximum Gasteiger partial charge on any atom is 0.116 e. The highest BCUT2D eigenvalue weighted by Gasteiger charge is 2.18. The van der Waals surface area contributed by atoms with E-state index >= 15 is 0 Å². The molecule has 0 fully saturated rings. The van der Waals surface area contributed by atoms with Gasteiger partial charge in [0.25, 0.3) is 0 Å². The van der Waals surface area contributed by atoms with E-state index in [1.807, 2.05) is 42.5 Å². The van der Waals surface area contributed by atoms with Crippen molar-refractivity contribution in [3.63, 3.8) is 0 Å². The molecule has 0 unspecified atom stereocenters. The zero-order valence-electron chi connectivity index (χ0n) is 12.0. The Morgan fingerprint density at radius 1 is 0.864 bits per heavy atom. The number of hydrogen-bond donors (Lipinski definition) is 2. The van der Waals surface area contributed by atoms with Gasteiger partial charge in [-0.05, 0) is 41.0 Å². The van der Waals surface area contributed by atoms with Gasteiger partial charge in [-0.15, -0.1) is 0 Å². The smallest absolute Gasteiger partial charge is 0.116 e. The second-order valence-electron chi connectivity index (χ2n) is 5.37. The van der Waals surface area contributed by atoms with E-state index in [1.165, 1.54) is 0 Å². The predicted octanol–water partition coefficient (Wildman–Crippen LogP) is 4.63. The van der Waals surface area contributed by atoms with E-state index in [4.69, 9.17) is 0 Å². The topological polar surface area (TPSA) is 32.3 Å². The second kappa shape index (κ2) is 5.08. The monoisotopic (exact) mass is 285 g/mol. The van der Waals surface area contributed by atoms with Crippen molar-refractivity contribution in [1.29, 1.82) is 0 Å². The molecule has 1 heterocycles. The SMILES string of the molecule is Oc1ccc2c(c1)C(c1ccccc1)=CC(=C1C=CC=C1)N2. The van der Waals surface area contributed by atoms with Gasteiger partial charge in [0.1, 0.15) is 5.75 Å². The maximum atomic E-state index is 9.84. The first kappa shape index (κ1) is 12.7. The van der Waals surface area contributed by atoms with Crippen LogP contribution in [0.1, 0.15) is 11.1 Å². The summed E-state index contributed by atoms with van der Waals surface area (Å²) >= 11 is 0. The fourth-order valence-corrected chi connectivity index (χ4v) is 2.83. The van der Waals surface area contributed by atoms with Crippen LogP contribution in [0.15, 0.2) is 90.2 Å². The predicted molar refractivity (Wildman–Crippen MR) is 90.6 cm³/mol. The van der Waals surface area contributed by atoms with Crippen molar-refractivity contribution in [2.24, 2.45) is 0 Å². The zero-order chi connectivity index (χ0) is 14.9. The van der Waals surface area contributed by atoms with Gasteiger partial charge < -0.3 is 10.4 Å². The van der Waals surface area contributed by atoms with Crippen molar-refractivity contribution in [3.8, 4) is 5.75 Å². The van der Waals surface area contributed by atoms with Crippen LogP contribution in [0.3, 0.4) is 0 Å². The van der Waals surface area contributed by atoms with E-state index < -0.39 is 0 Å². The summed E-state index contributed by atoms with van der Waals surface area (Å²) < 4.78 is 0. The Balaban J connectivity index is 1.94. The summed E-state index contributed by atoms with van der Waals surface area (Å²) in [7, 11) is 0. The van der Waals surface area contributed by atoms with Gasteiger partial charge in [-0.25, -0.2) is 0 Å². The molecule has 22 heavy (non-hydrogen) atoms. The molecule has 4 rings (SSSR count). The van der Waals surface area contributed by atoms with E-state index in [0.717, 1.165) is 33.7 Å². The third-order valence-corrected chi connectivity index (χ3v) is 3.91. The van der Waals surface area contributed by atoms with Crippen LogP contribution in [0.2, 0.25) is 0 Å². The van der Waals surface area contributed by atoms with Gasteiger partial charge in [0.15, 0.2) is 0 Å². The number of hydrogen-bond acceptors (Lipinski definition) is 2. The average molecular weight is 285 g/mol. The molecule has 106 valence electrons. The molecule has 2 aromatic carbocycles. The van der Waals surface area contributed by atoms with Crippen LogP contribution >= 0.6 is 0 Å². The molecule has 0 atom stereocenters. The Hall–Kier alpha value is -3.00. The van der Waals surface area contributed by atoms with E-state index in [0.29, 0.717) is 0 Å². The molecule has 2 nitrogen and oxygen atoms in total. The summed E-state index contributed by atoms with van der Waals surface area (Å²) in [5.74, 6) is 0.277. The van der Waals surface area contributed by atoms with Crippen molar-refractivity contribution in [3.05, 3.63) is 101 Å². The molecule has 2 aliphatic rings. The Morgan fingerprint density at radius 2 is 1.64 bits per heavy atom. The summed E-state index contributed by atoms with van der Waals surface area (Å²) in [4.78, 5) is 0. The van der Waals surface area contributed by atoms with E-state index in [9.17, 15) is 5.11 Å². The van der Waals surface area contributed by atoms with Gasteiger partial charge in [0.05, 0.1) is 0 Å². The standard InChI is InChI=1S/C20H15NO/c22-16-10-11-19-18(12-16)17(14-6-2-1-3-7-14)13-20(21-19)15-8-4-5-9-15/h1-13,21-22H. The van der Waals surface area contributed by atoms with E-state index in [1.54, 1.807) is 6.07 Å². The molecule has 0 spiro atoms. The molecular formula is C20H15NO. The third-order valence-electron chi connectivity index (χ3n) is 3.91. The van der Waals surface area contributed by atoms with Crippen molar-refractivity contribution in [1.82, 2.24) is 0 Å². The fraction of sp³-hybridized carbons (Fsp3) is 0. The lowest BCUT2D eigenvalue weighted by molar-refractivity contribution is 0.475. The minimum Gasteiger partial charge on any atom is -0.508 e. The molecule has 2 heteroatoms. The highest BCUT2D eigenvalue weighted by Crippen LogP contribution is 2.38. The van der Waals surface area contributed by atoms with Crippen LogP contribution in [0.4, 0.5) is 5.69 Å². The fourth-order valence-electron chi connectivity index (χ4n) is 2.83. The highest BCUT2D eigenvalue weighted by molar-refractivity contribution is 5.92. The van der Waals surface area contributed by atoms with Crippen LogP contribution in [0.5, 0.6) is 5.75 Å². The Bertz CT molecular complexity index is 841. The lowest BCUT2D eigenvalue weighted by Gasteiger charge is -2.23. The largest absolute Gasteiger partial charge is 0.508 e. The van der Waals surface area contributed by atoms with Gasteiger partial charge in [0, 0.05) is 16.9 Å². The van der Waals surface area contributed by atoms with Crippen molar-refractivity contribution < 1.29 is 5.11 Å². The summed E-state index contributed by atoms with van der Waals surface area (Å²) in [5, 5.41) is 13.3. The van der Waals surface area contributed by atoms with E-state index in [-0.39, 0.29) is 5.75 Å². The first-order valence-electron chi connectivity index (χ1n) is 7.28. The molecule has 0 saturated carbocycles. The highest BCUT2D eigenvalue weighted by atomic mass is 16.3. The quantitative estimate of drug-likeness (QED) is 0.749. The van der Waals surface area contributed by atoms with E-state index in [2.05, 4.69) is 35.7 Å². The first-order valence-corrected chi connectivity index (χ1v) is 7.28. The van der Waals surface area contributed by atoms with Gasteiger partial charge >= 0.3 is 0 Å². The van der Waals surface area contributed by atoms with Gasteiger partial charge in [-0.3, -0.25) is 0 Å². The third kappa shape index (κ3) is 2.15. The number of benzene rings is 2. The lowest BCUT2D eigenvalue weighted by atomic mass is 9.92. The summed E-state index contributed by atoms with van der Waals surface area (Å²) in [6, 6.07) is 15.7. The molecular weight excluding hydrogens is 270 g/mol. The maximum absolute atomic E-state index is 9.84. The number of nitrogens with one attached hydrogen (secondary N) is 1. The van der Waals surface area contributed by atoms with Gasteiger partial charge in [0.2, 0.25) is 0 Å². The summed E-state index contributed by atoms with van der Waals surface area (Å²) in [6.07, 6.45) is 10.4. The van der Waals surface area contributed by atoms with Crippen molar-refractivity contribution in [2.45, 2.75) is 0 Å². The number of anilines is 1. The van der Waals surface area contributed by atoms with Crippen LogP contribution in [0, 0.1) is 0 Å². The minimum atomic E-state index is 0.277. The molecule has 1 aliphatic carbocycles. The van der Waals surface area contributed by atoms with Crippen LogP contribution in [-0.2, 0) is 0 Å². The molecule has 0 saturated heterocycles. The Morgan fingerprint density at radius 3 is 2.41 bits per heavy atom. The molecule has 0 aromatic heterocycles. The molecule has 0 radical (unpaired) electrons. The van der Waals surface area contributed by atoms with Gasteiger partial charge in [-0.1, -0.05) is 54.6 Å². The summed E-state index contributed by atoms with van der Waals surface area (Å²) in [6.45, 7) is 0. The van der Waals surface area contributed by atoms with Crippen molar-refractivity contribution in [2.75, 3.05) is 5.32 Å². The molecule has 0 amide bonds. The molecule has 2 N–H and O–H groups in total. The number of fused-ring (bicyclic) bond motifs is 1. The zero-order valence-corrected chi connectivity index (χ0v) is 12.0. The lowest BCUT2D eigenvalue weighted by Crippen LogP contribution is -2.08. The normalized spacial score (nSPS) is 15.5. The number of phenolic OH excluding ortho intramolecular Hbond substituents is 1.